The van der Waals surface area contributed by atoms with Crippen molar-refractivity contribution in [1.82, 2.24) is 15.6 Å². The lowest BCUT2D eigenvalue weighted by atomic mass is 9.70. The lowest BCUT2D eigenvalue weighted by molar-refractivity contribution is -0.127. The highest BCUT2D eigenvalue weighted by molar-refractivity contribution is 7.16. The fourth-order valence-electron chi connectivity index (χ4n) is 4.66. The van der Waals surface area contributed by atoms with Crippen LogP contribution in [0.15, 0.2) is 23.7 Å². The van der Waals surface area contributed by atoms with E-state index >= 15 is 0 Å². The van der Waals surface area contributed by atoms with E-state index in [1.807, 2.05) is 18.2 Å². The number of fused-ring (bicyclic) bond motifs is 2. The summed E-state index contributed by atoms with van der Waals surface area (Å²) in [4.78, 5) is 29.0. The Morgan fingerprint density at radius 1 is 1.38 bits per heavy atom. The van der Waals surface area contributed by atoms with Gasteiger partial charge in [-0.25, -0.2) is 4.98 Å². The monoisotopic (exact) mass is 371 g/mol. The summed E-state index contributed by atoms with van der Waals surface area (Å²) in [6.07, 6.45) is 5.83. The number of nitrogens with one attached hydrogen (secondary N) is 2. The minimum Gasteiger partial charge on any atom is -0.353 e. The fraction of sp³-hybridized carbons (Fsp3) is 0.550. The van der Waals surface area contributed by atoms with Gasteiger partial charge in [-0.3, -0.25) is 9.59 Å². The summed E-state index contributed by atoms with van der Waals surface area (Å²) in [5.74, 6) is 1.21. The van der Waals surface area contributed by atoms with E-state index < -0.39 is 0 Å². The van der Waals surface area contributed by atoms with Crippen LogP contribution in [0.4, 0.5) is 0 Å². The predicted octanol–water partition coefficient (Wildman–Crippen LogP) is 3.50. The van der Waals surface area contributed by atoms with E-state index in [2.05, 4.69) is 22.5 Å². The number of aromatic nitrogens is 1. The highest BCUT2D eigenvalue weighted by Crippen LogP contribution is 2.37. The van der Waals surface area contributed by atoms with Crippen molar-refractivity contribution >= 4 is 33.4 Å². The summed E-state index contributed by atoms with van der Waals surface area (Å²) in [5, 5.41) is 6.35. The molecule has 2 N–H and O–H groups in total. The number of amides is 2. The number of carbonyl (C=O) groups is 2. The maximum Gasteiger partial charge on any atom is 0.251 e. The van der Waals surface area contributed by atoms with E-state index in [-0.39, 0.29) is 23.9 Å². The van der Waals surface area contributed by atoms with Crippen molar-refractivity contribution in [3.63, 3.8) is 0 Å². The summed E-state index contributed by atoms with van der Waals surface area (Å²) >= 11 is 1.55. The Balaban J connectivity index is 1.41. The number of carbonyl (C=O) groups excluding carboxylic acids is 2. The quantitative estimate of drug-likeness (QED) is 0.864. The molecule has 4 unspecified atom stereocenters. The molecule has 1 saturated carbocycles. The number of hydrogen-bond acceptors (Lipinski definition) is 4. The third-order valence-electron chi connectivity index (χ3n) is 5.89. The molecule has 1 aromatic carbocycles. The average molecular weight is 372 g/mol. The molecule has 4 rings (SSSR count). The van der Waals surface area contributed by atoms with E-state index in [1.165, 1.54) is 0 Å². The molecule has 2 heterocycles. The molecule has 1 aliphatic heterocycles. The van der Waals surface area contributed by atoms with Crippen molar-refractivity contribution in [2.75, 3.05) is 0 Å². The molecule has 0 bridgehead atoms. The average Bonchev–Trinajstić information content (AvgIpc) is 3.09. The molecule has 4 atom stereocenters. The van der Waals surface area contributed by atoms with Crippen LogP contribution in [0.5, 0.6) is 0 Å². The highest BCUT2D eigenvalue weighted by atomic mass is 32.1. The maximum atomic E-state index is 12.7. The van der Waals surface area contributed by atoms with Gasteiger partial charge in [-0.05, 0) is 55.7 Å². The van der Waals surface area contributed by atoms with Gasteiger partial charge in [0.2, 0.25) is 5.91 Å². The largest absolute Gasteiger partial charge is 0.353 e. The molecule has 6 heteroatoms. The van der Waals surface area contributed by atoms with Gasteiger partial charge in [-0.15, -0.1) is 11.3 Å². The molecule has 0 spiro atoms. The first-order valence-electron chi connectivity index (χ1n) is 9.57. The van der Waals surface area contributed by atoms with E-state index in [9.17, 15) is 9.59 Å². The van der Waals surface area contributed by atoms with Crippen LogP contribution in [0, 0.1) is 11.8 Å². The molecule has 138 valence electrons. The van der Waals surface area contributed by atoms with Crippen LogP contribution in [-0.2, 0) is 4.79 Å². The molecule has 2 aromatic rings. The Morgan fingerprint density at radius 2 is 2.27 bits per heavy atom. The van der Waals surface area contributed by atoms with E-state index in [0.29, 0.717) is 23.8 Å². The zero-order chi connectivity index (χ0) is 18.1. The highest BCUT2D eigenvalue weighted by Gasteiger charge is 2.40. The molecular weight excluding hydrogens is 346 g/mol. The van der Waals surface area contributed by atoms with Gasteiger partial charge in [0, 0.05) is 24.1 Å². The number of rotatable bonds is 4. The molecule has 26 heavy (non-hydrogen) atoms. The second kappa shape index (κ2) is 7.35. The predicted molar refractivity (Wildman–Crippen MR) is 103 cm³/mol. The van der Waals surface area contributed by atoms with Crippen LogP contribution >= 0.6 is 11.3 Å². The molecule has 2 aliphatic rings. The second-order valence-corrected chi connectivity index (χ2v) is 8.50. The lowest BCUT2D eigenvalue weighted by Gasteiger charge is -2.44. The van der Waals surface area contributed by atoms with Crippen molar-refractivity contribution in [3.05, 3.63) is 29.3 Å². The summed E-state index contributed by atoms with van der Waals surface area (Å²) in [5.41, 5.74) is 3.41. The summed E-state index contributed by atoms with van der Waals surface area (Å²) in [6, 6.07) is 5.97. The van der Waals surface area contributed by atoms with Gasteiger partial charge in [0.1, 0.15) is 0 Å². The van der Waals surface area contributed by atoms with E-state index in [0.717, 1.165) is 42.3 Å². The smallest absolute Gasteiger partial charge is 0.251 e. The Kier molecular flexibility index (Phi) is 4.94. The molecule has 2 fully saturated rings. The van der Waals surface area contributed by atoms with Gasteiger partial charge in [0.15, 0.2) is 0 Å². The molecule has 0 radical (unpaired) electrons. The van der Waals surface area contributed by atoms with E-state index in [1.54, 1.807) is 16.8 Å². The first-order valence-corrected chi connectivity index (χ1v) is 10.5. The molecular formula is C20H25N3O2S. The Labute approximate surface area is 157 Å². The van der Waals surface area contributed by atoms with Gasteiger partial charge in [0.25, 0.3) is 5.91 Å². The van der Waals surface area contributed by atoms with Crippen molar-refractivity contribution < 1.29 is 9.59 Å². The van der Waals surface area contributed by atoms with E-state index in [4.69, 9.17) is 0 Å². The molecule has 2 amide bonds. The Bertz CT molecular complexity index is 818. The summed E-state index contributed by atoms with van der Waals surface area (Å²) < 4.78 is 1.03. The third-order valence-corrected chi connectivity index (χ3v) is 6.68. The summed E-state index contributed by atoms with van der Waals surface area (Å²) in [6.45, 7) is 2.19. The van der Waals surface area contributed by atoms with Crippen LogP contribution in [0.1, 0.15) is 55.8 Å². The van der Waals surface area contributed by atoms with Crippen LogP contribution in [-0.4, -0.2) is 28.9 Å². The molecule has 1 aromatic heterocycles. The molecule has 1 saturated heterocycles. The van der Waals surface area contributed by atoms with Gasteiger partial charge >= 0.3 is 0 Å². The number of thiazole rings is 1. The Hall–Kier alpha value is -1.95. The van der Waals surface area contributed by atoms with Crippen molar-refractivity contribution in [2.24, 2.45) is 11.8 Å². The topological polar surface area (TPSA) is 71.1 Å². The van der Waals surface area contributed by atoms with Crippen LogP contribution in [0.3, 0.4) is 0 Å². The number of nitrogens with zero attached hydrogens (tertiary/aromatic N) is 1. The first-order chi connectivity index (χ1) is 12.6. The standard InChI is InChI=1S/C20H25N3O2S/c1-2-3-12-9-19(24)23-17-10-14(5-6-15(12)17)22-20(25)13-4-7-16-18(8-13)26-11-21-16/h4,7-8,11-12,14-15,17H,2-3,5-6,9-10H2,1H3,(H,22,25)(H,23,24). The van der Waals surface area contributed by atoms with Gasteiger partial charge in [-0.1, -0.05) is 13.3 Å². The minimum absolute atomic E-state index is 0.0315. The van der Waals surface area contributed by atoms with Crippen molar-refractivity contribution in [3.8, 4) is 0 Å². The van der Waals surface area contributed by atoms with Crippen molar-refractivity contribution in [2.45, 2.75) is 57.5 Å². The lowest BCUT2D eigenvalue weighted by Crippen LogP contribution is -2.55. The summed E-state index contributed by atoms with van der Waals surface area (Å²) in [7, 11) is 0. The fourth-order valence-corrected chi connectivity index (χ4v) is 5.38. The van der Waals surface area contributed by atoms with Gasteiger partial charge in [-0.2, -0.15) is 0 Å². The normalized spacial score (nSPS) is 28.4. The molecule has 1 aliphatic carbocycles. The minimum atomic E-state index is -0.0315. The Morgan fingerprint density at radius 3 is 3.12 bits per heavy atom. The number of benzene rings is 1. The third kappa shape index (κ3) is 3.47. The van der Waals surface area contributed by atoms with Crippen LogP contribution in [0.25, 0.3) is 10.2 Å². The second-order valence-electron chi connectivity index (χ2n) is 7.61. The van der Waals surface area contributed by atoms with Crippen molar-refractivity contribution in [1.29, 1.82) is 0 Å². The number of hydrogen-bond donors (Lipinski definition) is 2. The zero-order valence-corrected chi connectivity index (χ0v) is 15.8. The zero-order valence-electron chi connectivity index (χ0n) is 15.0. The number of piperidine rings is 1. The van der Waals surface area contributed by atoms with Gasteiger partial charge in [0.05, 0.1) is 15.7 Å². The van der Waals surface area contributed by atoms with Crippen LogP contribution in [0.2, 0.25) is 0 Å². The molecule has 5 nitrogen and oxygen atoms in total. The first kappa shape index (κ1) is 17.5. The van der Waals surface area contributed by atoms with Crippen LogP contribution < -0.4 is 10.6 Å². The SMILES string of the molecule is CCCC1CC(=O)NC2CC(NC(=O)c3ccc4ncsc4c3)CCC12. The maximum absolute atomic E-state index is 12.7. The van der Waals surface area contributed by atoms with Gasteiger partial charge < -0.3 is 10.6 Å².